The molecule has 1 aliphatic heterocycles. The quantitative estimate of drug-likeness (QED) is 0.794. The fraction of sp³-hybridized carbons (Fsp3) is 0.444. The summed E-state index contributed by atoms with van der Waals surface area (Å²) in [6.07, 6.45) is 4.75. The minimum atomic E-state index is -0.791. The molecule has 0 radical (unpaired) electrons. The maximum Gasteiger partial charge on any atom is 0.338 e. The van der Waals surface area contributed by atoms with Gasteiger partial charge in [0, 0.05) is 18.7 Å². The van der Waals surface area contributed by atoms with Crippen LogP contribution in [0.1, 0.15) is 43.0 Å². The van der Waals surface area contributed by atoms with E-state index in [-0.39, 0.29) is 5.91 Å². The highest BCUT2D eigenvalue weighted by Gasteiger charge is 2.25. The second-order valence-electron chi connectivity index (χ2n) is 6.11. The van der Waals surface area contributed by atoms with Gasteiger partial charge in [-0.05, 0) is 44.0 Å². The molecule has 0 N–H and O–H groups in total. The Balaban J connectivity index is 1.60. The molecule has 0 bridgehead atoms. The number of benzene rings is 1. The molecule has 2 aromatic rings. The first-order valence-corrected chi connectivity index (χ1v) is 8.51. The summed E-state index contributed by atoms with van der Waals surface area (Å²) in [6, 6.07) is 6.63. The molecule has 7 heteroatoms. The first-order valence-electron chi connectivity index (χ1n) is 8.51. The molecule has 1 aromatic heterocycles. The van der Waals surface area contributed by atoms with Crippen LogP contribution in [0.25, 0.3) is 11.5 Å². The lowest BCUT2D eigenvalue weighted by atomic mass is 10.1. The molecule has 2 heterocycles. The van der Waals surface area contributed by atoms with Crippen LogP contribution >= 0.6 is 0 Å². The van der Waals surface area contributed by atoms with E-state index < -0.39 is 12.1 Å². The van der Waals surface area contributed by atoms with Gasteiger partial charge in [0.2, 0.25) is 12.3 Å². The molecule has 132 valence electrons. The fourth-order valence-corrected chi connectivity index (χ4v) is 2.87. The molecule has 7 nitrogen and oxygen atoms in total. The third-order valence-corrected chi connectivity index (χ3v) is 4.28. The molecule has 1 saturated heterocycles. The van der Waals surface area contributed by atoms with Gasteiger partial charge in [0.15, 0.2) is 6.10 Å². The monoisotopic (exact) mass is 343 g/mol. The standard InChI is InChI=1S/C18H21N3O4/c1-13(17(22)21-10-4-2-3-5-11-21)25-18(23)15-8-6-14(7-9-15)16-20-19-12-24-16/h6-9,12-13H,2-5,10-11H2,1H3/t13-/m0/s1. The van der Waals surface area contributed by atoms with Crippen LogP contribution < -0.4 is 0 Å². The number of ether oxygens (including phenoxy) is 1. The molecular weight excluding hydrogens is 322 g/mol. The Labute approximate surface area is 146 Å². The van der Waals surface area contributed by atoms with Crippen molar-refractivity contribution >= 4 is 11.9 Å². The Morgan fingerprint density at radius 2 is 1.80 bits per heavy atom. The number of carbonyl (C=O) groups is 2. The van der Waals surface area contributed by atoms with Crippen molar-refractivity contribution in [3.63, 3.8) is 0 Å². The SMILES string of the molecule is C[C@H](OC(=O)c1ccc(-c2nnco2)cc1)C(=O)N1CCCCCC1. The van der Waals surface area contributed by atoms with Crippen molar-refractivity contribution < 1.29 is 18.7 Å². The molecular formula is C18H21N3O4. The predicted octanol–water partition coefficient (Wildman–Crippen LogP) is 2.68. The van der Waals surface area contributed by atoms with Gasteiger partial charge in [0.05, 0.1) is 5.56 Å². The minimum absolute atomic E-state index is 0.127. The van der Waals surface area contributed by atoms with E-state index in [1.54, 1.807) is 36.1 Å². The van der Waals surface area contributed by atoms with Crippen molar-refractivity contribution in [2.75, 3.05) is 13.1 Å². The van der Waals surface area contributed by atoms with Gasteiger partial charge in [-0.2, -0.15) is 0 Å². The fourth-order valence-electron chi connectivity index (χ4n) is 2.87. The van der Waals surface area contributed by atoms with Crippen molar-refractivity contribution in [2.45, 2.75) is 38.7 Å². The molecule has 0 spiro atoms. The van der Waals surface area contributed by atoms with Crippen LogP contribution in [0.5, 0.6) is 0 Å². The van der Waals surface area contributed by atoms with Gasteiger partial charge in [-0.25, -0.2) is 4.79 Å². The lowest BCUT2D eigenvalue weighted by molar-refractivity contribution is -0.139. The lowest BCUT2D eigenvalue weighted by Crippen LogP contribution is -2.40. The van der Waals surface area contributed by atoms with Crippen LogP contribution in [0.4, 0.5) is 0 Å². The van der Waals surface area contributed by atoms with E-state index in [4.69, 9.17) is 9.15 Å². The van der Waals surface area contributed by atoms with E-state index >= 15 is 0 Å². The van der Waals surface area contributed by atoms with Crippen molar-refractivity contribution in [1.82, 2.24) is 15.1 Å². The summed E-state index contributed by atoms with van der Waals surface area (Å²) >= 11 is 0. The average Bonchev–Trinajstić information content (AvgIpc) is 3.03. The van der Waals surface area contributed by atoms with Crippen LogP contribution in [0, 0.1) is 0 Å². The van der Waals surface area contributed by atoms with Gasteiger partial charge >= 0.3 is 5.97 Å². The molecule has 1 aromatic carbocycles. The van der Waals surface area contributed by atoms with Gasteiger partial charge in [-0.1, -0.05) is 12.8 Å². The van der Waals surface area contributed by atoms with E-state index in [9.17, 15) is 9.59 Å². The van der Waals surface area contributed by atoms with Gasteiger partial charge in [-0.15, -0.1) is 10.2 Å². The average molecular weight is 343 g/mol. The highest BCUT2D eigenvalue weighted by molar-refractivity contribution is 5.92. The zero-order valence-electron chi connectivity index (χ0n) is 14.2. The normalized spacial score (nSPS) is 16.1. The number of esters is 1. The minimum Gasteiger partial charge on any atom is -0.449 e. The van der Waals surface area contributed by atoms with Crippen molar-refractivity contribution in [1.29, 1.82) is 0 Å². The number of carbonyl (C=O) groups excluding carboxylic acids is 2. The molecule has 0 unspecified atom stereocenters. The highest BCUT2D eigenvalue weighted by atomic mass is 16.5. The number of hydrogen-bond donors (Lipinski definition) is 0. The maximum atomic E-state index is 12.4. The smallest absolute Gasteiger partial charge is 0.338 e. The summed E-state index contributed by atoms with van der Waals surface area (Å²) in [5.41, 5.74) is 1.08. The Morgan fingerprint density at radius 3 is 2.40 bits per heavy atom. The molecule has 0 aliphatic carbocycles. The van der Waals surface area contributed by atoms with E-state index in [2.05, 4.69) is 10.2 Å². The van der Waals surface area contributed by atoms with E-state index in [1.807, 2.05) is 0 Å². The van der Waals surface area contributed by atoms with E-state index in [0.717, 1.165) is 38.8 Å². The first-order chi connectivity index (χ1) is 12.1. The summed E-state index contributed by atoms with van der Waals surface area (Å²) in [5.74, 6) is -0.268. The molecule has 3 rings (SSSR count). The third-order valence-electron chi connectivity index (χ3n) is 4.28. The highest BCUT2D eigenvalue weighted by Crippen LogP contribution is 2.18. The zero-order chi connectivity index (χ0) is 17.6. The Bertz CT molecular complexity index is 704. The second-order valence-corrected chi connectivity index (χ2v) is 6.11. The van der Waals surface area contributed by atoms with Crippen molar-refractivity contribution in [2.24, 2.45) is 0 Å². The molecule has 1 atom stereocenters. The second kappa shape index (κ2) is 7.92. The molecule has 0 saturated carbocycles. The van der Waals surface area contributed by atoms with Crippen LogP contribution in [0.2, 0.25) is 0 Å². The van der Waals surface area contributed by atoms with Gasteiger partial charge < -0.3 is 14.1 Å². The number of nitrogens with zero attached hydrogens (tertiary/aromatic N) is 3. The number of aromatic nitrogens is 2. The number of hydrogen-bond acceptors (Lipinski definition) is 6. The first kappa shape index (κ1) is 17.1. The number of rotatable bonds is 4. The topological polar surface area (TPSA) is 85.5 Å². The van der Waals surface area contributed by atoms with Crippen LogP contribution in [0.3, 0.4) is 0 Å². The van der Waals surface area contributed by atoms with Crippen LogP contribution in [-0.2, 0) is 9.53 Å². The zero-order valence-corrected chi connectivity index (χ0v) is 14.2. The van der Waals surface area contributed by atoms with E-state index in [0.29, 0.717) is 17.0 Å². The Kier molecular flexibility index (Phi) is 5.42. The lowest BCUT2D eigenvalue weighted by Gasteiger charge is -2.24. The van der Waals surface area contributed by atoms with E-state index in [1.165, 1.54) is 6.39 Å². The maximum absolute atomic E-state index is 12.4. The third kappa shape index (κ3) is 4.23. The molecule has 25 heavy (non-hydrogen) atoms. The number of likely N-dealkylation sites (tertiary alicyclic amines) is 1. The van der Waals surface area contributed by atoms with Crippen molar-refractivity contribution in [3.8, 4) is 11.5 Å². The Morgan fingerprint density at radius 1 is 1.12 bits per heavy atom. The van der Waals surface area contributed by atoms with Crippen LogP contribution in [-0.4, -0.2) is 46.2 Å². The summed E-state index contributed by atoms with van der Waals surface area (Å²) in [5, 5.41) is 7.42. The van der Waals surface area contributed by atoms with Gasteiger partial charge in [0.1, 0.15) is 0 Å². The van der Waals surface area contributed by atoms with Gasteiger partial charge in [-0.3, -0.25) is 4.79 Å². The van der Waals surface area contributed by atoms with Gasteiger partial charge in [0.25, 0.3) is 5.91 Å². The van der Waals surface area contributed by atoms with Crippen molar-refractivity contribution in [3.05, 3.63) is 36.2 Å². The summed E-state index contributed by atoms with van der Waals surface area (Å²) in [6.45, 7) is 3.09. The molecule has 1 amide bonds. The Hall–Kier alpha value is -2.70. The summed E-state index contributed by atoms with van der Waals surface area (Å²) < 4.78 is 10.4. The summed E-state index contributed by atoms with van der Waals surface area (Å²) in [4.78, 5) is 26.5. The largest absolute Gasteiger partial charge is 0.449 e. The number of amides is 1. The van der Waals surface area contributed by atoms with Crippen LogP contribution in [0.15, 0.2) is 35.1 Å². The summed E-state index contributed by atoms with van der Waals surface area (Å²) in [7, 11) is 0. The molecule has 1 aliphatic rings. The predicted molar refractivity (Wildman–Crippen MR) is 89.7 cm³/mol. The molecule has 1 fully saturated rings.